The Balaban J connectivity index is 0.00000300. The van der Waals surface area contributed by atoms with Gasteiger partial charge in [-0.15, -0.1) is 24.0 Å². The standard InChI is InChI=1S/C21H31N5O2.HI/c1-21(2,3)17-13-24-19(28-17)14-26-20(22-4)25-12-15-9-10-18(23-11-15)27-16-7-5-6-8-16;/h9-11,13,16H,5-8,12,14H2,1-4H3,(H2,22,25,26);1H. The molecule has 0 aromatic carbocycles. The molecule has 1 aliphatic rings. The van der Waals surface area contributed by atoms with Crippen LogP contribution in [-0.4, -0.2) is 29.1 Å². The van der Waals surface area contributed by atoms with E-state index in [0.29, 0.717) is 36.9 Å². The van der Waals surface area contributed by atoms with Crippen molar-refractivity contribution in [3.63, 3.8) is 0 Å². The van der Waals surface area contributed by atoms with E-state index in [2.05, 4.69) is 46.4 Å². The fraction of sp³-hybridized carbons (Fsp3) is 0.571. The van der Waals surface area contributed by atoms with Crippen LogP contribution in [0.3, 0.4) is 0 Å². The summed E-state index contributed by atoms with van der Waals surface area (Å²) in [6, 6.07) is 3.97. The van der Waals surface area contributed by atoms with Crippen LogP contribution in [0.5, 0.6) is 5.88 Å². The monoisotopic (exact) mass is 513 g/mol. The summed E-state index contributed by atoms with van der Waals surface area (Å²) in [4.78, 5) is 13.0. The Bertz CT molecular complexity index is 777. The number of pyridine rings is 1. The highest BCUT2D eigenvalue weighted by atomic mass is 127. The van der Waals surface area contributed by atoms with Crippen molar-refractivity contribution in [3.05, 3.63) is 41.7 Å². The second kappa shape index (κ2) is 10.8. The summed E-state index contributed by atoms with van der Waals surface area (Å²) in [6.07, 6.45) is 8.73. The van der Waals surface area contributed by atoms with Gasteiger partial charge in [0.2, 0.25) is 11.8 Å². The van der Waals surface area contributed by atoms with Crippen molar-refractivity contribution in [1.29, 1.82) is 0 Å². The average molecular weight is 513 g/mol. The zero-order chi connectivity index (χ0) is 20.0. The molecule has 0 atom stereocenters. The maximum absolute atomic E-state index is 5.91. The fourth-order valence-corrected chi connectivity index (χ4v) is 3.07. The molecule has 0 spiro atoms. The third-order valence-corrected chi connectivity index (χ3v) is 4.77. The van der Waals surface area contributed by atoms with E-state index in [1.165, 1.54) is 12.8 Å². The van der Waals surface area contributed by atoms with Gasteiger partial charge >= 0.3 is 0 Å². The van der Waals surface area contributed by atoms with Crippen LogP contribution in [0, 0.1) is 0 Å². The molecule has 2 aromatic rings. The number of nitrogens with zero attached hydrogens (tertiary/aromatic N) is 3. The lowest BCUT2D eigenvalue weighted by atomic mass is 9.94. The molecule has 0 radical (unpaired) electrons. The van der Waals surface area contributed by atoms with E-state index in [1.807, 2.05) is 18.3 Å². The second-order valence-electron chi connectivity index (χ2n) is 8.18. The summed E-state index contributed by atoms with van der Waals surface area (Å²) in [5.74, 6) is 2.90. The van der Waals surface area contributed by atoms with E-state index in [9.17, 15) is 0 Å². The van der Waals surface area contributed by atoms with Crippen LogP contribution in [0.25, 0.3) is 0 Å². The molecule has 1 saturated carbocycles. The van der Waals surface area contributed by atoms with Crippen molar-refractivity contribution in [2.45, 2.75) is 71.1 Å². The van der Waals surface area contributed by atoms with Gasteiger partial charge in [-0.3, -0.25) is 4.99 Å². The molecule has 7 nitrogen and oxygen atoms in total. The van der Waals surface area contributed by atoms with Crippen LogP contribution in [0.15, 0.2) is 33.9 Å². The first kappa shape index (κ1) is 23.4. The van der Waals surface area contributed by atoms with Gasteiger partial charge in [-0.1, -0.05) is 26.8 Å². The number of aromatic nitrogens is 2. The molecular weight excluding hydrogens is 481 g/mol. The van der Waals surface area contributed by atoms with E-state index in [0.717, 1.165) is 24.2 Å². The van der Waals surface area contributed by atoms with Crippen LogP contribution in [0.2, 0.25) is 0 Å². The first-order valence-electron chi connectivity index (χ1n) is 9.95. The van der Waals surface area contributed by atoms with Crippen molar-refractivity contribution < 1.29 is 9.15 Å². The van der Waals surface area contributed by atoms with Gasteiger partial charge < -0.3 is 19.8 Å². The average Bonchev–Trinajstić information content (AvgIpc) is 3.35. The molecule has 160 valence electrons. The molecule has 1 aliphatic carbocycles. The van der Waals surface area contributed by atoms with E-state index in [1.54, 1.807) is 13.2 Å². The molecule has 3 rings (SSSR count). The van der Waals surface area contributed by atoms with Crippen molar-refractivity contribution in [1.82, 2.24) is 20.6 Å². The molecule has 2 heterocycles. The van der Waals surface area contributed by atoms with Crippen LogP contribution in [-0.2, 0) is 18.5 Å². The summed E-state index contributed by atoms with van der Waals surface area (Å²) in [5, 5.41) is 6.49. The number of hydrogen-bond acceptors (Lipinski definition) is 5. The van der Waals surface area contributed by atoms with Crippen molar-refractivity contribution in [3.8, 4) is 5.88 Å². The molecule has 0 saturated heterocycles. The van der Waals surface area contributed by atoms with E-state index in [-0.39, 0.29) is 29.4 Å². The van der Waals surface area contributed by atoms with Gasteiger partial charge in [0.15, 0.2) is 5.96 Å². The third kappa shape index (κ3) is 7.17. The topological polar surface area (TPSA) is 84.6 Å². The minimum absolute atomic E-state index is 0. The van der Waals surface area contributed by atoms with Crippen molar-refractivity contribution >= 4 is 29.9 Å². The summed E-state index contributed by atoms with van der Waals surface area (Å²) in [7, 11) is 1.74. The molecule has 2 aromatic heterocycles. The van der Waals surface area contributed by atoms with E-state index < -0.39 is 0 Å². The lowest BCUT2D eigenvalue weighted by Gasteiger charge is -2.14. The van der Waals surface area contributed by atoms with Gasteiger partial charge in [0.1, 0.15) is 11.9 Å². The Kier molecular flexibility index (Phi) is 8.73. The minimum Gasteiger partial charge on any atom is -0.474 e. The molecule has 0 amide bonds. The predicted octanol–water partition coefficient (Wildman–Crippen LogP) is 4.17. The summed E-state index contributed by atoms with van der Waals surface area (Å²) < 4.78 is 11.7. The highest BCUT2D eigenvalue weighted by molar-refractivity contribution is 14.0. The predicted molar refractivity (Wildman–Crippen MR) is 125 cm³/mol. The summed E-state index contributed by atoms with van der Waals surface area (Å²) >= 11 is 0. The maximum atomic E-state index is 5.91. The van der Waals surface area contributed by atoms with Gasteiger partial charge in [0.25, 0.3) is 0 Å². The Morgan fingerprint density at radius 3 is 2.45 bits per heavy atom. The summed E-state index contributed by atoms with van der Waals surface area (Å²) in [5.41, 5.74) is 1.01. The molecular formula is C21H32IN5O2. The third-order valence-electron chi connectivity index (χ3n) is 4.77. The SMILES string of the molecule is CN=C(NCc1ccc(OC2CCCC2)nc1)NCc1ncc(C(C)(C)C)o1.I. The smallest absolute Gasteiger partial charge is 0.213 e. The number of ether oxygens (including phenoxy) is 1. The van der Waals surface area contributed by atoms with Gasteiger partial charge in [-0.25, -0.2) is 9.97 Å². The molecule has 0 unspecified atom stereocenters. The second-order valence-corrected chi connectivity index (χ2v) is 8.18. The molecule has 8 heteroatoms. The largest absolute Gasteiger partial charge is 0.474 e. The lowest BCUT2D eigenvalue weighted by molar-refractivity contribution is 0.201. The lowest BCUT2D eigenvalue weighted by Crippen LogP contribution is -2.36. The number of nitrogens with one attached hydrogen (secondary N) is 2. The minimum atomic E-state index is -0.0498. The van der Waals surface area contributed by atoms with Crippen molar-refractivity contribution in [2.24, 2.45) is 4.99 Å². The Morgan fingerprint density at radius 1 is 1.14 bits per heavy atom. The van der Waals surface area contributed by atoms with E-state index >= 15 is 0 Å². The summed E-state index contributed by atoms with van der Waals surface area (Å²) in [6.45, 7) is 7.40. The number of aliphatic imine (C=N–C) groups is 1. The number of oxazole rings is 1. The number of hydrogen-bond donors (Lipinski definition) is 2. The zero-order valence-electron chi connectivity index (χ0n) is 17.7. The van der Waals surface area contributed by atoms with Crippen LogP contribution < -0.4 is 15.4 Å². The molecule has 2 N–H and O–H groups in total. The Labute approximate surface area is 190 Å². The van der Waals surface area contributed by atoms with Crippen LogP contribution in [0.4, 0.5) is 0 Å². The van der Waals surface area contributed by atoms with Crippen LogP contribution >= 0.6 is 24.0 Å². The van der Waals surface area contributed by atoms with Gasteiger partial charge in [-0.2, -0.15) is 0 Å². The maximum Gasteiger partial charge on any atom is 0.213 e. The highest BCUT2D eigenvalue weighted by Crippen LogP contribution is 2.23. The van der Waals surface area contributed by atoms with Gasteiger partial charge in [0, 0.05) is 31.3 Å². The van der Waals surface area contributed by atoms with Crippen molar-refractivity contribution in [2.75, 3.05) is 7.05 Å². The Morgan fingerprint density at radius 2 is 1.86 bits per heavy atom. The number of rotatable bonds is 6. The Hall–Kier alpha value is -1.84. The molecule has 29 heavy (non-hydrogen) atoms. The first-order chi connectivity index (χ1) is 13.4. The molecule has 0 bridgehead atoms. The quantitative estimate of drug-likeness (QED) is 0.343. The number of halogens is 1. The van der Waals surface area contributed by atoms with E-state index in [4.69, 9.17) is 9.15 Å². The molecule has 1 fully saturated rings. The normalized spacial score (nSPS) is 15.1. The van der Waals surface area contributed by atoms with Crippen LogP contribution in [0.1, 0.15) is 63.7 Å². The van der Waals surface area contributed by atoms with Gasteiger partial charge in [-0.05, 0) is 31.2 Å². The fourth-order valence-electron chi connectivity index (χ4n) is 3.07. The zero-order valence-corrected chi connectivity index (χ0v) is 20.0. The molecule has 0 aliphatic heterocycles. The number of guanidine groups is 1. The first-order valence-corrected chi connectivity index (χ1v) is 9.95. The van der Waals surface area contributed by atoms with Gasteiger partial charge in [0.05, 0.1) is 12.7 Å². The highest BCUT2D eigenvalue weighted by Gasteiger charge is 2.19.